The summed E-state index contributed by atoms with van der Waals surface area (Å²) >= 11 is 6.46. The topological polar surface area (TPSA) is 140 Å². The second kappa shape index (κ2) is 6.76. The Hall–Kier alpha value is -2.19. The van der Waals surface area contributed by atoms with Gasteiger partial charge in [0.1, 0.15) is 21.0 Å². The van der Waals surface area contributed by atoms with Gasteiger partial charge in [-0.2, -0.15) is 8.75 Å². The van der Waals surface area contributed by atoms with Crippen molar-refractivity contribution >= 4 is 60.1 Å². The smallest absolute Gasteiger partial charge is 0.258 e. The fourth-order valence-corrected chi connectivity index (χ4v) is 6.24. The molecular formula is C13H9ClN4O6S3. The second-order valence-electron chi connectivity index (χ2n) is 5.15. The number of hydrogen-bond donors (Lipinski definition) is 0. The molecule has 2 aromatic carbocycles. The summed E-state index contributed by atoms with van der Waals surface area (Å²) in [4.78, 5) is 9.19. The molecule has 0 aliphatic rings. The van der Waals surface area contributed by atoms with Gasteiger partial charge in [-0.25, -0.2) is 16.8 Å². The Kier molecular flexibility index (Phi) is 4.90. The molecule has 27 heavy (non-hydrogen) atoms. The van der Waals surface area contributed by atoms with E-state index < -0.39 is 35.6 Å². The van der Waals surface area contributed by atoms with Crippen molar-refractivity contribution in [2.24, 2.45) is 0 Å². The lowest BCUT2D eigenvalue weighted by atomic mass is 10.3. The van der Waals surface area contributed by atoms with E-state index in [1.54, 1.807) is 0 Å². The average molecular weight is 449 g/mol. The number of halogens is 1. The predicted octanol–water partition coefficient (Wildman–Crippen LogP) is 2.26. The van der Waals surface area contributed by atoms with Crippen LogP contribution in [0.3, 0.4) is 0 Å². The number of nitro benzene ring substituents is 1. The van der Waals surface area contributed by atoms with Crippen LogP contribution in [-0.2, 0) is 20.0 Å². The first kappa shape index (κ1) is 19.6. The van der Waals surface area contributed by atoms with E-state index in [2.05, 4.69) is 8.75 Å². The van der Waals surface area contributed by atoms with E-state index in [4.69, 9.17) is 11.6 Å². The number of aromatic nitrogens is 2. The quantitative estimate of drug-likeness (QED) is 0.427. The largest absolute Gasteiger partial charge is 0.289 e. The van der Waals surface area contributed by atoms with Crippen LogP contribution in [0, 0.1) is 10.1 Å². The predicted molar refractivity (Wildman–Crippen MR) is 97.7 cm³/mol. The Bertz CT molecular complexity index is 1270. The summed E-state index contributed by atoms with van der Waals surface area (Å²) in [5, 5.41) is 10.7. The molecule has 14 heteroatoms. The molecule has 0 saturated carbocycles. The maximum atomic E-state index is 12.9. The van der Waals surface area contributed by atoms with Crippen molar-refractivity contribution in [2.45, 2.75) is 9.79 Å². The fourth-order valence-electron chi connectivity index (χ4n) is 2.20. The molecule has 10 nitrogen and oxygen atoms in total. The van der Waals surface area contributed by atoms with Crippen molar-refractivity contribution in [3.05, 3.63) is 51.5 Å². The molecule has 3 aromatic rings. The minimum Gasteiger partial charge on any atom is -0.258 e. The lowest BCUT2D eigenvalue weighted by molar-refractivity contribution is -0.384. The van der Waals surface area contributed by atoms with Crippen LogP contribution in [0.25, 0.3) is 11.0 Å². The average Bonchev–Trinajstić information content (AvgIpc) is 3.09. The second-order valence-corrected chi connectivity index (χ2v) is 10.2. The van der Waals surface area contributed by atoms with E-state index in [1.165, 1.54) is 18.2 Å². The van der Waals surface area contributed by atoms with Crippen LogP contribution in [-0.4, -0.2) is 41.3 Å². The van der Waals surface area contributed by atoms with Crippen molar-refractivity contribution in [1.82, 2.24) is 12.5 Å². The van der Waals surface area contributed by atoms with E-state index in [-0.39, 0.29) is 19.1 Å². The van der Waals surface area contributed by atoms with E-state index in [0.717, 1.165) is 30.9 Å². The Morgan fingerprint density at radius 2 is 1.81 bits per heavy atom. The number of sulfonamides is 2. The van der Waals surface area contributed by atoms with Gasteiger partial charge in [0.25, 0.3) is 25.7 Å². The summed E-state index contributed by atoms with van der Waals surface area (Å²) in [5.41, 5.74) is -0.324. The van der Waals surface area contributed by atoms with Gasteiger partial charge in [0.05, 0.1) is 21.5 Å². The van der Waals surface area contributed by atoms with E-state index in [9.17, 15) is 26.9 Å². The lowest BCUT2D eigenvalue weighted by Gasteiger charge is -2.17. The number of hydrogen-bond acceptors (Lipinski definition) is 9. The van der Waals surface area contributed by atoms with Gasteiger partial charge < -0.3 is 0 Å². The third-order valence-electron chi connectivity index (χ3n) is 3.62. The van der Waals surface area contributed by atoms with Crippen LogP contribution in [0.4, 0.5) is 5.69 Å². The zero-order chi connectivity index (χ0) is 20.0. The van der Waals surface area contributed by atoms with E-state index >= 15 is 0 Å². The number of benzene rings is 2. The first-order valence-electron chi connectivity index (χ1n) is 6.96. The van der Waals surface area contributed by atoms with E-state index in [1.807, 2.05) is 0 Å². The minimum absolute atomic E-state index is 0.0339. The van der Waals surface area contributed by atoms with Gasteiger partial charge in [0.2, 0.25) is 0 Å². The maximum Gasteiger partial charge on any atom is 0.289 e. The monoisotopic (exact) mass is 448 g/mol. The zero-order valence-electron chi connectivity index (χ0n) is 13.3. The number of fused-ring (bicyclic) bond motifs is 1. The molecule has 0 saturated heterocycles. The highest BCUT2D eigenvalue weighted by Gasteiger charge is 2.35. The molecule has 0 aliphatic carbocycles. The minimum atomic E-state index is -4.63. The third kappa shape index (κ3) is 3.27. The lowest BCUT2D eigenvalue weighted by Crippen LogP contribution is -2.33. The van der Waals surface area contributed by atoms with Gasteiger partial charge in [-0.15, -0.1) is 0 Å². The van der Waals surface area contributed by atoms with Crippen molar-refractivity contribution in [3.8, 4) is 0 Å². The Labute approximate surface area is 162 Å². The van der Waals surface area contributed by atoms with Crippen LogP contribution in [0.5, 0.6) is 0 Å². The van der Waals surface area contributed by atoms with Crippen molar-refractivity contribution in [1.29, 1.82) is 0 Å². The number of rotatable bonds is 5. The first-order chi connectivity index (χ1) is 12.6. The van der Waals surface area contributed by atoms with Gasteiger partial charge >= 0.3 is 0 Å². The van der Waals surface area contributed by atoms with Crippen molar-refractivity contribution in [3.63, 3.8) is 0 Å². The standard InChI is InChI=1S/C13H9ClN4O6S3/c1-17(26(21,22)8-5-6-9(14)11(7-8)18(19)20)27(23,24)12-4-2-3-10-13(12)16-25-15-10/h2-7H,1H3. The molecule has 0 spiro atoms. The molecule has 0 aliphatic heterocycles. The molecule has 142 valence electrons. The van der Waals surface area contributed by atoms with Crippen molar-refractivity contribution in [2.75, 3.05) is 7.05 Å². The molecule has 0 unspecified atom stereocenters. The first-order valence-corrected chi connectivity index (χ1v) is 10.9. The Morgan fingerprint density at radius 3 is 2.48 bits per heavy atom. The molecule has 1 aromatic heterocycles. The molecule has 0 N–H and O–H groups in total. The van der Waals surface area contributed by atoms with Crippen LogP contribution in [0.15, 0.2) is 46.2 Å². The summed E-state index contributed by atoms with van der Waals surface area (Å²) in [7, 11) is -8.33. The summed E-state index contributed by atoms with van der Waals surface area (Å²) in [5.74, 6) is 0. The van der Waals surface area contributed by atoms with Crippen LogP contribution < -0.4 is 0 Å². The van der Waals surface area contributed by atoms with Gasteiger partial charge in [-0.05, 0) is 24.3 Å². The highest BCUT2D eigenvalue weighted by atomic mass is 35.5. The van der Waals surface area contributed by atoms with Crippen LogP contribution in [0.2, 0.25) is 5.02 Å². The summed E-state index contributed by atoms with van der Waals surface area (Å²) in [6.07, 6.45) is 0. The Balaban J connectivity index is 2.14. The number of nitrogens with zero attached hydrogens (tertiary/aromatic N) is 4. The molecule has 0 amide bonds. The fraction of sp³-hybridized carbons (Fsp3) is 0.0769. The highest BCUT2D eigenvalue weighted by Crippen LogP contribution is 2.31. The molecule has 0 fully saturated rings. The third-order valence-corrected chi connectivity index (χ3v) is 8.74. The molecule has 1 heterocycles. The Morgan fingerprint density at radius 1 is 1.11 bits per heavy atom. The molecule has 3 rings (SSSR count). The summed E-state index contributed by atoms with van der Waals surface area (Å²) in [6, 6.07) is 6.85. The highest BCUT2D eigenvalue weighted by molar-refractivity contribution is 8.04. The molecule has 0 bridgehead atoms. The van der Waals surface area contributed by atoms with Gasteiger partial charge in [-0.3, -0.25) is 10.1 Å². The van der Waals surface area contributed by atoms with Gasteiger partial charge in [-0.1, -0.05) is 21.4 Å². The molecule has 0 radical (unpaired) electrons. The van der Waals surface area contributed by atoms with Crippen LogP contribution >= 0.6 is 23.3 Å². The van der Waals surface area contributed by atoms with Crippen molar-refractivity contribution < 1.29 is 21.8 Å². The van der Waals surface area contributed by atoms with Gasteiger partial charge in [0.15, 0.2) is 0 Å². The molecular weight excluding hydrogens is 440 g/mol. The summed E-state index contributed by atoms with van der Waals surface area (Å²) in [6.45, 7) is 0. The maximum absolute atomic E-state index is 12.9. The van der Waals surface area contributed by atoms with Gasteiger partial charge in [0, 0.05) is 13.1 Å². The zero-order valence-corrected chi connectivity index (χ0v) is 16.5. The molecule has 0 atom stereocenters. The van der Waals surface area contributed by atoms with Crippen LogP contribution in [0.1, 0.15) is 0 Å². The normalized spacial score (nSPS) is 12.6. The number of nitro groups is 1. The van der Waals surface area contributed by atoms with E-state index in [0.29, 0.717) is 11.6 Å². The summed E-state index contributed by atoms with van der Waals surface area (Å²) < 4.78 is 59.2. The SMILES string of the molecule is CN(S(=O)(=O)c1ccc(Cl)c([N+](=O)[O-])c1)S(=O)(=O)c1cccc2nsnc12.